The first-order valence-electron chi connectivity index (χ1n) is 4.86. The van der Waals surface area contributed by atoms with Crippen LogP contribution in [0.3, 0.4) is 0 Å². The van der Waals surface area contributed by atoms with Crippen molar-refractivity contribution in [3.63, 3.8) is 0 Å². The van der Waals surface area contributed by atoms with Crippen LogP contribution in [0.25, 0.3) is 0 Å². The molecule has 4 nitrogen and oxygen atoms in total. The van der Waals surface area contributed by atoms with Crippen LogP contribution in [0.4, 0.5) is 5.69 Å². The van der Waals surface area contributed by atoms with E-state index in [4.69, 9.17) is 22.1 Å². The summed E-state index contributed by atoms with van der Waals surface area (Å²) < 4.78 is 5.52. The van der Waals surface area contributed by atoms with Crippen molar-refractivity contribution in [3.05, 3.63) is 34.3 Å². The fraction of sp³-hybridized carbons (Fsp3) is 0.0909. The lowest BCUT2D eigenvalue weighted by molar-refractivity contribution is 0.0597. The number of nitrogens with zero attached hydrogens (tertiary/aromatic N) is 1. The molecule has 7 heteroatoms. The molecular formula is C11H9ClN2O2S2. The van der Waals surface area contributed by atoms with Crippen LogP contribution in [0.1, 0.15) is 10.4 Å². The van der Waals surface area contributed by atoms with Crippen molar-refractivity contribution in [2.45, 2.75) is 9.24 Å². The minimum Gasteiger partial charge on any atom is -0.465 e. The van der Waals surface area contributed by atoms with Crippen LogP contribution in [-0.2, 0) is 4.74 Å². The molecule has 2 aromatic rings. The number of carbonyl (C=O) groups is 1. The number of halogens is 1. The Morgan fingerprint density at radius 2 is 2.33 bits per heavy atom. The molecule has 0 saturated heterocycles. The van der Waals surface area contributed by atoms with E-state index in [1.54, 1.807) is 18.3 Å². The molecule has 94 valence electrons. The highest BCUT2D eigenvalue weighted by atomic mass is 35.5. The molecule has 2 rings (SSSR count). The standard InChI is InChI=1S/C11H9ClN2O2S2/c1-16-10(15)7-4-6(13)5-8(12)9(7)18-11-14-2-3-17-11/h2-5H,13H2,1H3. The molecule has 0 aliphatic heterocycles. The van der Waals surface area contributed by atoms with Gasteiger partial charge in [0.15, 0.2) is 4.34 Å². The summed E-state index contributed by atoms with van der Waals surface area (Å²) in [6.45, 7) is 0. The molecule has 1 aromatic carbocycles. The number of thiazole rings is 1. The lowest BCUT2D eigenvalue weighted by Gasteiger charge is -2.09. The normalized spacial score (nSPS) is 10.3. The first-order valence-corrected chi connectivity index (χ1v) is 6.94. The molecule has 0 saturated carbocycles. The van der Waals surface area contributed by atoms with Crippen molar-refractivity contribution in [1.29, 1.82) is 0 Å². The highest BCUT2D eigenvalue weighted by Crippen LogP contribution is 2.38. The van der Waals surface area contributed by atoms with Crippen molar-refractivity contribution < 1.29 is 9.53 Å². The summed E-state index contributed by atoms with van der Waals surface area (Å²) in [6.07, 6.45) is 1.69. The van der Waals surface area contributed by atoms with E-state index in [2.05, 4.69) is 4.98 Å². The minimum atomic E-state index is -0.469. The Labute approximate surface area is 117 Å². The zero-order valence-corrected chi connectivity index (χ0v) is 11.7. The Morgan fingerprint density at radius 1 is 1.56 bits per heavy atom. The van der Waals surface area contributed by atoms with Gasteiger partial charge in [0.1, 0.15) is 0 Å². The van der Waals surface area contributed by atoms with Crippen LogP contribution in [0.2, 0.25) is 5.02 Å². The van der Waals surface area contributed by atoms with Gasteiger partial charge in [-0.25, -0.2) is 9.78 Å². The summed E-state index contributed by atoms with van der Waals surface area (Å²) in [4.78, 5) is 16.4. The van der Waals surface area contributed by atoms with E-state index in [1.807, 2.05) is 5.38 Å². The molecule has 0 amide bonds. The second-order valence-electron chi connectivity index (χ2n) is 3.27. The largest absolute Gasteiger partial charge is 0.465 e. The van der Waals surface area contributed by atoms with Crippen molar-refractivity contribution in [2.24, 2.45) is 0 Å². The number of ether oxygens (including phenoxy) is 1. The number of anilines is 1. The lowest BCUT2D eigenvalue weighted by Crippen LogP contribution is -2.04. The molecule has 0 spiro atoms. The molecule has 0 aliphatic rings. The first-order chi connectivity index (χ1) is 8.61. The van der Waals surface area contributed by atoms with Crippen LogP contribution < -0.4 is 5.73 Å². The monoisotopic (exact) mass is 300 g/mol. The highest BCUT2D eigenvalue weighted by Gasteiger charge is 2.18. The Bertz CT molecular complexity index is 573. The van der Waals surface area contributed by atoms with E-state index in [1.165, 1.54) is 30.2 Å². The van der Waals surface area contributed by atoms with Gasteiger partial charge in [-0.15, -0.1) is 11.3 Å². The average Bonchev–Trinajstić information content (AvgIpc) is 2.84. The van der Waals surface area contributed by atoms with E-state index >= 15 is 0 Å². The van der Waals surface area contributed by atoms with E-state index in [0.29, 0.717) is 21.2 Å². The number of benzene rings is 1. The van der Waals surface area contributed by atoms with Crippen molar-refractivity contribution in [3.8, 4) is 0 Å². The van der Waals surface area contributed by atoms with Gasteiger partial charge in [-0.2, -0.15) is 0 Å². The number of aromatic nitrogens is 1. The molecule has 0 bridgehead atoms. The third-order valence-electron chi connectivity index (χ3n) is 2.07. The quantitative estimate of drug-likeness (QED) is 0.696. The van der Waals surface area contributed by atoms with E-state index in [0.717, 1.165) is 4.34 Å². The lowest BCUT2D eigenvalue weighted by atomic mass is 10.2. The second kappa shape index (κ2) is 5.60. The van der Waals surface area contributed by atoms with Gasteiger partial charge in [-0.1, -0.05) is 23.4 Å². The fourth-order valence-corrected chi connectivity index (χ4v) is 3.34. The van der Waals surface area contributed by atoms with Gasteiger partial charge in [0.2, 0.25) is 0 Å². The number of carbonyl (C=O) groups excluding carboxylic acids is 1. The second-order valence-corrected chi connectivity index (χ2v) is 5.83. The minimum absolute atomic E-state index is 0.350. The van der Waals surface area contributed by atoms with Gasteiger partial charge in [-0.3, -0.25) is 0 Å². The fourth-order valence-electron chi connectivity index (χ4n) is 1.33. The number of nitrogen functional groups attached to an aromatic ring is 1. The summed E-state index contributed by atoms with van der Waals surface area (Å²) in [6, 6.07) is 3.15. The van der Waals surface area contributed by atoms with Crippen molar-refractivity contribution >= 4 is 46.4 Å². The molecule has 0 unspecified atom stereocenters. The van der Waals surface area contributed by atoms with Crippen LogP contribution in [0.5, 0.6) is 0 Å². The van der Waals surface area contributed by atoms with E-state index < -0.39 is 5.97 Å². The zero-order valence-electron chi connectivity index (χ0n) is 9.34. The summed E-state index contributed by atoms with van der Waals surface area (Å²) in [7, 11) is 1.32. The Kier molecular flexibility index (Phi) is 4.11. The van der Waals surface area contributed by atoms with Gasteiger partial charge in [0.05, 0.1) is 17.7 Å². The maximum absolute atomic E-state index is 11.7. The van der Waals surface area contributed by atoms with E-state index in [-0.39, 0.29) is 0 Å². The van der Waals surface area contributed by atoms with Gasteiger partial charge >= 0.3 is 5.97 Å². The summed E-state index contributed by atoms with van der Waals surface area (Å²) in [5.41, 5.74) is 6.45. The Hall–Kier alpha value is -1.24. The van der Waals surface area contributed by atoms with Crippen LogP contribution >= 0.6 is 34.7 Å². The topological polar surface area (TPSA) is 65.2 Å². The molecule has 18 heavy (non-hydrogen) atoms. The molecule has 2 N–H and O–H groups in total. The highest BCUT2D eigenvalue weighted by molar-refractivity contribution is 8.01. The predicted molar refractivity (Wildman–Crippen MR) is 73.4 cm³/mol. The van der Waals surface area contributed by atoms with Gasteiger partial charge in [0, 0.05) is 22.2 Å². The number of methoxy groups -OCH3 is 1. The van der Waals surface area contributed by atoms with Crippen LogP contribution in [-0.4, -0.2) is 18.1 Å². The number of rotatable bonds is 3. The van der Waals surface area contributed by atoms with Crippen molar-refractivity contribution in [1.82, 2.24) is 4.98 Å². The summed E-state index contributed by atoms with van der Waals surface area (Å²) in [5, 5.41) is 2.27. The molecule has 0 fully saturated rings. The average molecular weight is 301 g/mol. The maximum Gasteiger partial charge on any atom is 0.339 e. The van der Waals surface area contributed by atoms with Crippen molar-refractivity contribution in [2.75, 3.05) is 12.8 Å². The third kappa shape index (κ3) is 2.77. The van der Waals surface area contributed by atoms with Gasteiger partial charge in [-0.05, 0) is 12.1 Å². The third-order valence-corrected chi connectivity index (χ3v) is 4.51. The number of hydrogen-bond donors (Lipinski definition) is 1. The smallest absolute Gasteiger partial charge is 0.339 e. The number of nitrogens with two attached hydrogens (primary N) is 1. The first kappa shape index (κ1) is 13.2. The molecule has 0 radical (unpaired) electrons. The summed E-state index contributed by atoms with van der Waals surface area (Å²) >= 11 is 8.91. The maximum atomic E-state index is 11.7. The summed E-state index contributed by atoms with van der Waals surface area (Å²) in [5.74, 6) is -0.469. The van der Waals surface area contributed by atoms with Crippen LogP contribution in [0.15, 0.2) is 32.9 Å². The number of hydrogen-bond acceptors (Lipinski definition) is 6. The van der Waals surface area contributed by atoms with Gasteiger partial charge in [0.25, 0.3) is 0 Å². The number of esters is 1. The predicted octanol–water partition coefficient (Wildman–Crippen LogP) is 3.32. The molecule has 0 aliphatic carbocycles. The molecular weight excluding hydrogens is 292 g/mol. The van der Waals surface area contributed by atoms with E-state index in [9.17, 15) is 4.79 Å². The SMILES string of the molecule is COC(=O)c1cc(N)cc(Cl)c1Sc1nccs1. The molecule has 1 aromatic heterocycles. The van der Waals surface area contributed by atoms with Crippen LogP contribution in [0, 0.1) is 0 Å². The Balaban J connectivity index is 2.47. The molecule has 1 heterocycles. The zero-order chi connectivity index (χ0) is 13.1. The molecule has 0 atom stereocenters. The Morgan fingerprint density at radius 3 is 2.94 bits per heavy atom. The van der Waals surface area contributed by atoms with Gasteiger partial charge < -0.3 is 10.5 Å².